The quantitative estimate of drug-likeness (QED) is 0.298. The number of aliphatic carboxylic acids is 1. The molecule has 0 fully saturated rings. The van der Waals surface area contributed by atoms with Crippen LogP contribution in [0.4, 0.5) is 0 Å². The molecule has 9 heteroatoms. The van der Waals surface area contributed by atoms with Gasteiger partial charge in [-0.15, -0.1) is 0 Å². The number of hydrogen-bond acceptors (Lipinski definition) is 6. The Morgan fingerprint density at radius 3 is 1.93 bits per heavy atom. The summed E-state index contributed by atoms with van der Waals surface area (Å²) < 4.78 is 20.0. The van der Waals surface area contributed by atoms with Crippen molar-refractivity contribution >= 4 is 34.3 Å². The third-order valence-corrected chi connectivity index (χ3v) is 4.64. The second-order valence-corrected chi connectivity index (χ2v) is 9.54. The van der Waals surface area contributed by atoms with Gasteiger partial charge >= 0.3 is 5.97 Å². The first-order valence-electron chi connectivity index (χ1n) is 9.72. The topological polar surface area (TPSA) is 127 Å². The number of hydrogen-bond donors (Lipinski definition) is 4. The number of thiol groups is 1. The number of nitrogens with one attached hydrogen (secondary N) is 1. The third-order valence-electron chi connectivity index (χ3n) is 3.17. The molecule has 1 amide bonds. The fraction of sp³-hybridized carbons (Fsp3) is 0.700. The van der Waals surface area contributed by atoms with Crippen molar-refractivity contribution in [3.05, 3.63) is 24.3 Å². The van der Waals surface area contributed by atoms with Crippen molar-refractivity contribution in [2.75, 3.05) is 24.3 Å². The minimum absolute atomic E-state index is 0.0634. The molecule has 0 spiro atoms. The van der Waals surface area contributed by atoms with E-state index in [-0.39, 0.29) is 36.1 Å². The van der Waals surface area contributed by atoms with Gasteiger partial charge < -0.3 is 16.2 Å². The summed E-state index contributed by atoms with van der Waals surface area (Å²) in [4.78, 5) is 22.3. The SMILES string of the molecule is CC(C)C(/C=C/C/C=C/C(N)CS)C(=O)NCC(=O)O.CCC.CCS(C)(=O)=O. The Balaban J connectivity index is -0.000000625. The zero-order chi connectivity index (χ0) is 23.5. The van der Waals surface area contributed by atoms with E-state index in [0.29, 0.717) is 12.2 Å². The summed E-state index contributed by atoms with van der Waals surface area (Å²) in [5, 5.41) is 10.9. The van der Waals surface area contributed by atoms with Gasteiger partial charge in [0.25, 0.3) is 0 Å². The number of carbonyl (C=O) groups excluding carboxylic acids is 1. The molecule has 172 valence electrons. The molecule has 0 bridgehead atoms. The van der Waals surface area contributed by atoms with Gasteiger partial charge in [0.2, 0.25) is 5.91 Å². The van der Waals surface area contributed by atoms with Crippen LogP contribution in [-0.4, -0.2) is 55.7 Å². The van der Waals surface area contributed by atoms with E-state index in [4.69, 9.17) is 10.8 Å². The van der Waals surface area contributed by atoms with Gasteiger partial charge in [0, 0.05) is 23.8 Å². The Hall–Kier alpha value is -1.32. The lowest BCUT2D eigenvalue weighted by Gasteiger charge is -2.15. The Morgan fingerprint density at radius 2 is 1.59 bits per heavy atom. The summed E-state index contributed by atoms with van der Waals surface area (Å²) in [6, 6.07) is -0.0634. The van der Waals surface area contributed by atoms with Gasteiger partial charge in [-0.25, -0.2) is 8.42 Å². The van der Waals surface area contributed by atoms with Crippen molar-refractivity contribution in [3.63, 3.8) is 0 Å². The maximum Gasteiger partial charge on any atom is 0.322 e. The Bertz CT molecular complexity index is 588. The lowest BCUT2D eigenvalue weighted by atomic mass is 9.94. The standard InChI is InChI=1S/C14H24N2O3S.C3H8O2S.C3H8/c1-10(2)12(14(19)16-8-13(17)18)7-5-3-4-6-11(15)9-20;1-3-6(2,4)5;1-3-2/h4-7,10-12,20H,3,8-9,15H2,1-2H3,(H,16,19)(H,17,18);3H2,1-2H3;3H2,1-2H3/b6-4+,7-5+;;. The number of amides is 1. The van der Waals surface area contributed by atoms with Crippen molar-refractivity contribution in [2.24, 2.45) is 17.6 Å². The molecule has 0 saturated heterocycles. The first kappa shape index (κ1) is 32.3. The van der Waals surface area contributed by atoms with E-state index >= 15 is 0 Å². The van der Waals surface area contributed by atoms with Gasteiger partial charge in [0.05, 0.1) is 5.92 Å². The van der Waals surface area contributed by atoms with Crippen LogP contribution in [0.25, 0.3) is 0 Å². The average Bonchev–Trinajstić information content (AvgIpc) is 2.62. The molecule has 0 aliphatic carbocycles. The predicted molar refractivity (Wildman–Crippen MR) is 125 cm³/mol. The minimum Gasteiger partial charge on any atom is -0.480 e. The largest absolute Gasteiger partial charge is 0.480 e. The fourth-order valence-corrected chi connectivity index (χ4v) is 1.63. The Kier molecular flexibility index (Phi) is 22.3. The molecule has 7 nitrogen and oxygen atoms in total. The van der Waals surface area contributed by atoms with Crippen LogP contribution in [0.1, 0.15) is 47.5 Å². The summed E-state index contributed by atoms with van der Waals surface area (Å²) in [5.41, 5.74) is 5.67. The second-order valence-electron chi connectivity index (χ2n) is 6.74. The molecule has 0 aliphatic heterocycles. The van der Waals surface area contributed by atoms with Crippen LogP contribution in [0.15, 0.2) is 24.3 Å². The normalized spacial score (nSPS) is 13.3. The molecule has 0 rings (SSSR count). The first-order chi connectivity index (χ1) is 13.4. The van der Waals surface area contributed by atoms with Crippen molar-refractivity contribution in [2.45, 2.75) is 53.5 Å². The number of carboxylic acids is 1. The Labute approximate surface area is 182 Å². The second kappa shape index (κ2) is 20.0. The summed E-state index contributed by atoms with van der Waals surface area (Å²) in [7, 11) is -2.66. The van der Waals surface area contributed by atoms with E-state index in [1.165, 1.54) is 12.7 Å². The highest BCUT2D eigenvalue weighted by Crippen LogP contribution is 2.13. The van der Waals surface area contributed by atoms with Crippen molar-refractivity contribution in [3.8, 4) is 0 Å². The lowest BCUT2D eigenvalue weighted by molar-refractivity contribution is -0.138. The highest BCUT2D eigenvalue weighted by Gasteiger charge is 2.19. The molecule has 0 heterocycles. The number of carbonyl (C=O) groups is 2. The van der Waals surface area contributed by atoms with Crippen LogP contribution in [0, 0.1) is 11.8 Å². The van der Waals surface area contributed by atoms with E-state index in [0.717, 1.165) is 0 Å². The number of carboxylic acid groups (broad SMARTS) is 1. The van der Waals surface area contributed by atoms with E-state index < -0.39 is 15.8 Å². The molecular formula is C20H40N2O5S2. The molecule has 0 radical (unpaired) electrons. The molecule has 0 aromatic carbocycles. The van der Waals surface area contributed by atoms with Gasteiger partial charge in [-0.1, -0.05) is 65.3 Å². The summed E-state index contributed by atoms with van der Waals surface area (Å²) >= 11 is 4.07. The zero-order valence-corrected chi connectivity index (χ0v) is 20.3. The van der Waals surface area contributed by atoms with Gasteiger partial charge in [-0.05, 0) is 12.3 Å². The number of rotatable bonds is 10. The molecule has 0 aromatic rings. The smallest absolute Gasteiger partial charge is 0.322 e. The van der Waals surface area contributed by atoms with E-state index in [2.05, 4.69) is 31.8 Å². The highest BCUT2D eigenvalue weighted by molar-refractivity contribution is 7.90. The number of allylic oxidation sites excluding steroid dienone is 2. The van der Waals surface area contributed by atoms with Crippen LogP contribution < -0.4 is 11.1 Å². The zero-order valence-electron chi connectivity index (χ0n) is 18.6. The lowest BCUT2D eigenvalue weighted by Crippen LogP contribution is -2.35. The molecule has 0 saturated carbocycles. The average molecular weight is 453 g/mol. The van der Waals surface area contributed by atoms with Gasteiger partial charge in [0.1, 0.15) is 16.4 Å². The maximum absolute atomic E-state index is 11.8. The number of sulfone groups is 1. The Morgan fingerprint density at radius 1 is 1.14 bits per heavy atom. The van der Waals surface area contributed by atoms with Gasteiger partial charge in [-0.3, -0.25) is 9.59 Å². The molecule has 29 heavy (non-hydrogen) atoms. The van der Waals surface area contributed by atoms with Crippen LogP contribution in [0.2, 0.25) is 0 Å². The van der Waals surface area contributed by atoms with Crippen molar-refractivity contribution < 1.29 is 23.1 Å². The van der Waals surface area contributed by atoms with E-state index in [1.54, 1.807) is 13.0 Å². The molecular weight excluding hydrogens is 412 g/mol. The highest BCUT2D eigenvalue weighted by atomic mass is 32.2. The van der Waals surface area contributed by atoms with Crippen LogP contribution in [-0.2, 0) is 19.4 Å². The van der Waals surface area contributed by atoms with Crippen molar-refractivity contribution in [1.29, 1.82) is 0 Å². The van der Waals surface area contributed by atoms with Crippen LogP contribution >= 0.6 is 12.6 Å². The first-order valence-corrected chi connectivity index (χ1v) is 12.4. The molecule has 2 unspecified atom stereocenters. The van der Waals surface area contributed by atoms with Crippen LogP contribution in [0.5, 0.6) is 0 Å². The molecule has 2 atom stereocenters. The van der Waals surface area contributed by atoms with Gasteiger partial charge in [0.15, 0.2) is 0 Å². The van der Waals surface area contributed by atoms with Crippen molar-refractivity contribution in [1.82, 2.24) is 5.32 Å². The molecule has 4 N–H and O–H groups in total. The summed E-state index contributed by atoms with van der Waals surface area (Å²) in [6.07, 6.45) is 10.6. The third kappa shape index (κ3) is 26.7. The van der Waals surface area contributed by atoms with E-state index in [9.17, 15) is 18.0 Å². The number of nitrogens with two attached hydrogens (primary N) is 1. The van der Waals surface area contributed by atoms with E-state index in [1.807, 2.05) is 32.1 Å². The summed E-state index contributed by atoms with van der Waals surface area (Å²) in [6.45, 7) is 9.35. The monoisotopic (exact) mass is 452 g/mol. The fourth-order valence-electron chi connectivity index (χ4n) is 1.51. The van der Waals surface area contributed by atoms with Crippen LogP contribution in [0.3, 0.4) is 0 Å². The maximum atomic E-state index is 11.8. The van der Waals surface area contributed by atoms with Gasteiger partial charge in [-0.2, -0.15) is 12.6 Å². The predicted octanol–water partition coefficient (Wildman–Crippen LogP) is 2.69. The minimum atomic E-state index is -2.66. The molecule has 0 aromatic heterocycles. The summed E-state index contributed by atoms with van der Waals surface area (Å²) in [5.74, 6) is -0.715. The molecule has 0 aliphatic rings.